The molecule has 2 aromatic heterocycles. The van der Waals surface area contributed by atoms with Gasteiger partial charge in [0.05, 0.1) is 43.2 Å². The van der Waals surface area contributed by atoms with E-state index in [1.807, 2.05) is 23.1 Å². The van der Waals surface area contributed by atoms with Crippen LogP contribution in [-0.2, 0) is 11.2 Å². The van der Waals surface area contributed by atoms with E-state index in [2.05, 4.69) is 30.8 Å². The van der Waals surface area contributed by atoms with Crippen molar-refractivity contribution in [3.63, 3.8) is 0 Å². The molecule has 0 bridgehead atoms. The second kappa shape index (κ2) is 11.9. The van der Waals surface area contributed by atoms with Crippen LogP contribution in [0.4, 0.5) is 27.5 Å². The molecule has 2 aromatic carbocycles. The Labute approximate surface area is 228 Å². The lowest BCUT2D eigenvalue weighted by atomic mass is 10.0. The van der Waals surface area contributed by atoms with Crippen LogP contribution in [0.3, 0.4) is 0 Å². The Morgan fingerprint density at radius 2 is 1.74 bits per heavy atom. The van der Waals surface area contributed by atoms with Crippen molar-refractivity contribution >= 4 is 41.0 Å². The van der Waals surface area contributed by atoms with Gasteiger partial charge in [0.25, 0.3) is 0 Å². The maximum Gasteiger partial charge on any atom is 0.245 e. The molecule has 3 heterocycles. The van der Waals surface area contributed by atoms with Crippen molar-refractivity contribution in [1.29, 1.82) is 0 Å². The molecule has 10 nitrogen and oxygen atoms in total. The Hall–Kier alpha value is -4.48. The number of anilines is 4. The maximum absolute atomic E-state index is 14.2. The SMILES string of the molecule is Oc1cc(O)cc(Cc2cc(Cl)cc(Nc3ccc(/C=N\Nc4ncc(F)c(N5CCOCC5)n4)nc3)c2)c1. The number of hydrazone groups is 1. The quantitative estimate of drug-likeness (QED) is 0.183. The molecule has 1 saturated heterocycles. The van der Waals surface area contributed by atoms with Crippen LogP contribution in [0.2, 0.25) is 5.02 Å². The van der Waals surface area contributed by atoms with E-state index in [1.165, 1.54) is 12.3 Å². The Bertz CT molecular complexity index is 1460. The molecule has 0 amide bonds. The van der Waals surface area contributed by atoms with Gasteiger partial charge in [0, 0.05) is 29.9 Å². The molecule has 0 unspecified atom stereocenters. The van der Waals surface area contributed by atoms with Crippen molar-refractivity contribution in [2.24, 2.45) is 5.10 Å². The minimum absolute atomic E-state index is 0.00166. The number of phenolic OH excluding ortho intramolecular Hbond substituents is 2. The summed E-state index contributed by atoms with van der Waals surface area (Å²) < 4.78 is 19.5. The summed E-state index contributed by atoms with van der Waals surface area (Å²) in [6, 6.07) is 13.6. The molecule has 0 atom stereocenters. The van der Waals surface area contributed by atoms with Gasteiger partial charge in [-0.25, -0.2) is 14.8 Å². The molecule has 0 spiro atoms. The van der Waals surface area contributed by atoms with Gasteiger partial charge in [0.15, 0.2) is 11.6 Å². The molecule has 12 heteroatoms. The Morgan fingerprint density at radius 3 is 2.49 bits per heavy atom. The van der Waals surface area contributed by atoms with Crippen LogP contribution in [0.15, 0.2) is 66.0 Å². The highest BCUT2D eigenvalue weighted by Gasteiger charge is 2.17. The van der Waals surface area contributed by atoms with Gasteiger partial charge >= 0.3 is 0 Å². The van der Waals surface area contributed by atoms with E-state index >= 15 is 0 Å². The first kappa shape index (κ1) is 26.1. The molecule has 4 aromatic rings. The van der Waals surface area contributed by atoms with E-state index in [1.54, 1.807) is 30.5 Å². The fraction of sp³-hybridized carbons (Fsp3) is 0.185. The lowest BCUT2D eigenvalue weighted by Crippen LogP contribution is -2.37. The monoisotopic (exact) mass is 549 g/mol. The lowest BCUT2D eigenvalue weighted by molar-refractivity contribution is 0.122. The Balaban J connectivity index is 1.21. The van der Waals surface area contributed by atoms with E-state index in [4.69, 9.17) is 16.3 Å². The number of hydrogen-bond donors (Lipinski definition) is 4. The number of ether oxygens (including phenoxy) is 1. The zero-order valence-corrected chi connectivity index (χ0v) is 21.4. The highest BCUT2D eigenvalue weighted by Crippen LogP contribution is 2.27. The van der Waals surface area contributed by atoms with Crippen LogP contribution >= 0.6 is 11.6 Å². The molecule has 4 N–H and O–H groups in total. The molecular formula is C27H25ClFN7O3. The summed E-state index contributed by atoms with van der Waals surface area (Å²) in [7, 11) is 0. The standard InChI is InChI=1S/C27H25ClFN7O3/c28-19-8-17(7-18-10-23(37)13-24(38)11-18)9-22(12-19)33-21-2-1-20(30-14-21)15-32-35-27-31-16-25(29)26(34-27)36-3-5-39-6-4-36/h1-2,8-16,33,37-38H,3-7H2,(H,31,34,35)/b32-15-. The average Bonchev–Trinajstić information content (AvgIpc) is 2.90. The molecule has 1 aliphatic heterocycles. The number of halogens is 2. The predicted octanol–water partition coefficient (Wildman–Crippen LogP) is 4.69. The molecule has 0 aliphatic carbocycles. The third kappa shape index (κ3) is 7.09. The molecule has 1 fully saturated rings. The van der Waals surface area contributed by atoms with Gasteiger partial charge in [-0.15, -0.1) is 0 Å². The van der Waals surface area contributed by atoms with E-state index < -0.39 is 5.82 Å². The van der Waals surface area contributed by atoms with Crippen molar-refractivity contribution in [3.05, 3.63) is 88.6 Å². The first-order valence-corrected chi connectivity index (χ1v) is 12.5. The minimum Gasteiger partial charge on any atom is -0.508 e. The number of nitrogens with zero attached hydrogens (tertiary/aromatic N) is 5. The molecular weight excluding hydrogens is 525 g/mol. The van der Waals surface area contributed by atoms with E-state index in [-0.39, 0.29) is 23.3 Å². The summed E-state index contributed by atoms with van der Waals surface area (Å²) in [6.07, 6.45) is 4.75. The number of morpholine rings is 1. The molecule has 39 heavy (non-hydrogen) atoms. The number of hydrogen-bond acceptors (Lipinski definition) is 10. The molecule has 0 radical (unpaired) electrons. The van der Waals surface area contributed by atoms with Gasteiger partial charge in [-0.05, 0) is 60.0 Å². The van der Waals surface area contributed by atoms with E-state index in [0.717, 1.165) is 28.7 Å². The van der Waals surface area contributed by atoms with Gasteiger partial charge in [-0.1, -0.05) is 11.6 Å². The largest absolute Gasteiger partial charge is 0.508 e. The van der Waals surface area contributed by atoms with E-state index in [9.17, 15) is 14.6 Å². The van der Waals surface area contributed by atoms with Crippen LogP contribution in [0.25, 0.3) is 0 Å². The fourth-order valence-electron chi connectivity index (χ4n) is 4.11. The van der Waals surface area contributed by atoms with Gasteiger partial charge < -0.3 is 25.2 Å². The van der Waals surface area contributed by atoms with Gasteiger partial charge in [0.2, 0.25) is 5.95 Å². The summed E-state index contributed by atoms with van der Waals surface area (Å²) >= 11 is 6.32. The number of pyridine rings is 1. The molecule has 5 rings (SSSR count). The van der Waals surface area contributed by atoms with Crippen LogP contribution in [0, 0.1) is 5.82 Å². The number of benzene rings is 2. The highest BCUT2D eigenvalue weighted by molar-refractivity contribution is 6.31. The zero-order valence-electron chi connectivity index (χ0n) is 20.7. The normalized spacial score (nSPS) is 13.5. The Kier molecular flexibility index (Phi) is 7.99. The Morgan fingerprint density at radius 1 is 0.974 bits per heavy atom. The number of rotatable bonds is 8. The highest BCUT2D eigenvalue weighted by atomic mass is 35.5. The van der Waals surface area contributed by atoms with Crippen LogP contribution in [0.5, 0.6) is 11.5 Å². The van der Waals surface area contributed by atoms with Crippen molar-refractivity contribution in [2.45, 2.75) is 6.42 Å². The molecule has 0 saturated carbocycles. The number of nitrogens with one attached hydrogen (secondary N) is 2. The molecule has 1 aliphatic rings. The summed E-state index contributed by atoms with van der Waals surface area (Å²) in [5.41, 5.74) is 6.45. The predicted molar refractivity (Wildman–Crippen MR) is 148 cm³/mol. The second-order valence-electron chi connectivity index (χ2n) is 8.81. The number of phenols is 2. The summed E-state index contributed by atoms with van der Waals surface area (Å²) in [5, 5.41) is 27.4. The third-order valence-corrected chi connectivity index (χ3v) is 6.02. The second-order valence-corrected chi connectivity index (χ2v) is 9.25. The topological polar surface area (TPSA) is 128 Å². The first-order valence-electron chi connectivity index (χ1n) is 12.1. The van der Waals surface area contributed by atoms with Crippen LogP contribution in [-0.4, -0.2) is 57.7 Å². The maximum atomic E-state index is 14.2. The van der Waals surface area contributed by atoms with Gasteiger partial charge in [-0.2, -0.15) is 10.1 Å². The van der Waals surface area contributed by atoms with Crippen LogP contribution < -0.4 is 15.6 Å². The van der Waals surface area contributed by atoms with Crippen molar-refractivity contribution in [2.75, 3.05) is 41.9 Å². The number of aromatic hydroxyl groups is 2. The third-order valence-electron chi connectivity index (χ3n) is 5.80. The van der Waals surface area contributed by atoms with Crippen molar-refractivity contribution < 1.29 is 19.3 Å². The minimum atomic E-state index is -0.498. The average molecular weight is 550 g/mol. The summed E-state index contributed by atoms with van der Waals surface area (Å²) in [6.45, 7) is 2.15. The van der Waals surface area contributed by atoms with Crippen molar-refractivity contribution in [3.8, 4) is 11.5 Å². The first-order chi connectivity index (χ1) is 18.9. The summed E-state index contributed by atoms with van der Waals surface area (Å²) in [4.78, 5) is 14.4. The lowest BCUT2D eigenvalue weighted by Gasteiger charge is -2.27. The van der Waals surface area contributed by atoms with E-state index in [0.29, 0.717) is 43.4 Å². The molecule has 200 valence electrons. The zero-order chi connectivity index (χ0) is 27.2. The number of aromatic nitrogens is 3. The van der Waals surface area contributed by atoms with Gasteiger partial charge in [-0.3, -0.25) is 4.98 Å². The van der Waals surface area contributed by atoms with Crippen LogP contribution in [0.1, 0.15) is 16.8 Å². The smallest absolute Gasteiger partial charge is 0.245 e. The summed E-state index contributed by atoms with van der Waals surface area (Å²) in [5.74, 6) is -0.119. The van der Waals surface area contributed by atoms with Crippen molar-refractivity contribution in [1.82, 2.24) is 15.0 Å². The van der Waals surface area contributed by atoms with Gasteiger partial charge in [0.1, 0.15) is 11.5 Å². The fourth-order valence-corrected chi connectivity index (χ4v) is 4.36.